The average molecular weight is 511 g/mol. The fourth-order valence-corrected chi connectivity index (χ4v) is 7.13. The maximum Gasteiger partial charge on any atom is 0.128 e. The molecule has 40 heavy (non-hydrogen) atoms. The molecule has 9 rings (SSSR count). The number of rotatable bonds is 2. The van der Waals surface area contributed by atoms with Crippen molar-refractivity contribution in [3.63, 3.8) is 0 Å². The van der Waals surface area contributed by atoms with E-state index in [0.29, 0.717) is 0 Å². The number of fused-ring (bicyclic) bond motifs is 4. The van der Waals surface area contributed by atoms with E-state index in [2.05, 4.69) is 134 Å². The second-order valence-electron chi connectivity index (χ2n) is 11.3. The van der Waals surface area contributed by atoms with E-state index < -0.39 is 0 Å². The summed E-state index contributed by atoms with van der Waals surface area (Å²) in [5.74, 6) is 1.18. The molecule has 7 aromatic carbocycles. The first kappa shape index (κ1) is 22.0. The van der Waals surface area contributed by atoms with Crippen molar-refractivity contribution in [3.05, 3.63) is 144 Å². The maximum atomic E-state index is 6.44. The highest BCUT2D eigenvalue weighted by molar-refractivity contribution is 6.25. The summed E-state index contributed by atoms with van der Waals surface area (Å²) in [5, 5.41) is 10.6. The van der Waals surface area contributed by atoms with Crippen LogP contribution in [-0.2, 0) is 0 Å². The van der Waals surface area contributed by atoms with Crippen molar-refractivity contribution < 1.29 is 4.74 Å². The molecule has 188 valence electrons. The summed E-state index contributed by atoms with van der Waals surface area (Å²) in [6, 6.07) is 40.1. The molecule has 0 saturated heterocycles. The van der Waals surface area contributed by atoms with Crippen molar-refractivity contribution in [2.24, 2.45) is 0 Å². The molecule has 2 atom stereocenters. The summed E-state index contributed by atoms with van der Waals surface area (Å²) in [5.41, 5.74) is 7.66. The standard InChI is InChI=1S/C39H26O/c1-23-9-10-25-13-18-33-32(17-12-26-11-16-29(23)38(25)39(26)33)28-15-20-37-35(22-28)34-21-27(14-19-36(34)40-37)31-8-4-6-24-5-2-3-7-30(24)31/h2-22,35,37H,1H3. The average Bonchev–Trinajstić information content (AvgIpc) is 3.37. The number of aryl methyl sites for hydroxylation is 1. The van der Waals surface area contributed by atoms with Gasteiger partial charge in [0.05, 0.1) is 0 Å². The lowest BCUT2D eigenvalue weighted by molar-refractivity contribution is 0.269. The molecule has 1 nitrogen and oxygen atoms in total. The number of hydrogen-bond acceptors (Lipinski definition) is 1. The molecular formula is C39H26O. The molecule has 0 bridgehead atoms. The Morgan fingerprint density at radius 1 is 0.600 bits per heavy atom. The molecule has 0 spiro atoms. The van der Waals surface area contributed by atoms with Gasteiger partial charge in [-0.25, -0.2) is 0 Å². The molecule has 0 saturated carbocycles. The minimum atomic E-state index is 0.0314. The van der Waals surface area contributed by atoms with Crippen LogP contribution in [0.3, 0.4) is 0 Å². The van der Waals surface area contributed by atoms with E-state index in [1.807, 2.05) is 0 Å². The largest absolute Gasteiger partial charge is 0.485 e. The molecule has 2 aliphatic rings. The minimum absolute atomic E-state index is 0.0314. The molecule has 0 N–H and O–H groups in total. The lowest BCUT2D eigenvalue weighted by atomic mass is 9.83. The summed E-state index contributed by atoms with van der Waals surface area (Å²) >= 11 is 0. The molecule has 1 aliphatic heterocycles. The highest BCUT2D eigenvalue weighted by Gasteiger charge is 2.34. The van der Waals surface area contributed by atoms with Crippen molar-refractivity contribution in [2.75, 3.05) is 0 Å². The molecular weight excluding hydrogens is 484 g/mol. The van der Waals surface area contributed by atoms with Crippen LogP contribution in [-0.4, -0.2) is 6.10 Å². The fraction of sp³-hybridized carbons (Fsp3) is 0.0769. The Morgan fingerprint density at radius 2 is 1.38 bits per heavy atom. The summed E-state index contributed by atoms with van der Waals surface area (Å²) < 4.78 is 6.44. The smallest absolute Gasteiger partial charge is 0.128 e. The van der Waals surface area contributed by atoms with Gasteiger partial charge in [0, 0.05) is 11.5 Å². The predicted octanol–water partition coefficient (Wildman–Crippen LogP) is 10.2. The van der Waals surface area contributed by atoms with Crippen LogP contribution >= 0.6 is 0 Å². The Labute approximate surface area is 233 Å². The molecule has 0 radical (unpaired) electrons. The van der Waals surface area contributed by atoms with Gasteiger partial charge in [0.15, 0.2) is 0 Å². The van der Waals surface area contributed by atoms with Gasteiger partial charge in [0.2, 0.25) is 0 Å². The first-order valence-electron chi connectivity index (χ1n) is 14.1. The lowest BCUT2D eigenvalue weighted by Crippen LogP contribution is -2.17. The third-order valence-corrected chi connectivity index (χ3v) is 9.10. The predicted molar refractivity (Wildman–Crippen MR) is 169 cm³/mol. The van der Waals surface area contributed by atoms with E-state index in [1.165, 1.54) is 76.5 Å². The minimum Gasteiger partial charge on any atom is -0.485 e. The van der Waals surface area contributed by atoms with Crippen molar-refractivity contribution in [1.82, 2.24) is 0 Å². The highest BCUT2D eigenvalue weighted by Crippen LogP contribution is 2.47. The van der Waals surface area contributed by atoms with Crippen LogP contribution in [0.25, 0.3) is 59.8 Å². The zero-order valence-electron chi connectivity index (χ0n) is 22.2. The van der Waals surface area contributed by atoms with E-state index in [9.17, 15) is 0 Å². The maximum absolute atomic E-state index is 6.44. The monoisotopic (exact) mass is 510 g/mol. The van der Waals surface area contributed by atoms with Gasteiger partial charge in [-0.1, -0.05) is 109 Å². The van der Waals surface area contributed by atoms with Gasteiger partial charge >= 0.3 is 0 Å². The SMILES string of the molecule is Cc1ccc2ccc3c(C4=CC5c6cc(-c7cccc8ccccc78)ccc6OC5C=C4)ccc4ccc1c2c43. The van der Waals surface area contributed by atoms with Crippen molar-refractivity contribution >= 4 is 48.7 Å². The van der Waals surface area contributed by atoms with Gasteiger partial charge in [-0.2, -0.15) is 0 Å². The van der Waals surface area contributed by atoms with Crippen LogP contribution in [0.5, 0.6) is 5.75 Å². The second kappa shape index (κ2) is 8.07. The fourth-order valence-electron chi connectivity index (χ4n) is 7.13. The number of benzene rings is 7. The molecule has 1 aliphatic carbocycles. The Morgan fingerprint density at radius 3 is 2.30 bits per heavy atom. The van der Waals surface area contributed by atoms with Crippen LogP contribution in [0.1, 0.15) is 22.6 Å². The molecule has 2 unspecified atom stereocenters. The molecule has 1 heteroatoms. The van der Waals surface area contributed by atoms with Gasteiger partial charge in [-0.15, -0.1) is 0 Å². The van der Waals surface area contributed by atoms with E-state index in [0.717, 1.165) is 5.75 Å². The topological polar surface area (TPSA) is 9.23 Å². The number of hydrogen-bond donors (Lipinski definition) is 0. The van der Waals surface area contributed by atoms with Gasteiger partial charge in [0.25, 0.3) is 0 Å². The first-order chi connectivity index (χ1) is 19.7. The number of ether oxygens (including phenoxy) is 1. The molecule has 1 heterocycles. The lowest BCUT2D eigenvalue weighted by Gasteiger charge is -2.21. The quantitative estimate of drug-likeness (QED) is 0.210. The van der Waals surface area contributed by atoms with Crippen LogP contribution in [0.4, 0.5) is 0 Å². The van der Waals surface area contributed by atoms with Gasteiger partial charge < -0.3 is 4.74 Å². The Bertz CT molecular complexity index is 2210. The second-order valence-corrected chi connectivity index (χ2v) is 11.3. The highest BCUT2D eigenvalue weighted by atomic mass is 16.5. The summed E-state index contributed by atoms with van der Waals surface area (Å²) in [4.78, 5) is 0. The summed E-state index contributed by atoms with van der Waals surface area (Å²) in [7, 11) is 0. The molecule has 7 aromatic rings. The van der Waals surface area contributed by atoms with Crippen LogP contribution in [0.2, 0.25) is 0 Å². The van der Waals surface area contributed by atoms with Crippen LogP contribution in [0.15, 0.2) is 127 Å². The van der Waals surface area contributed by atoms with Crippen molar-refractivity contribution in [3.8, 4) is 16.9 Å². The van der Waals surface area contributed by atoms with E-state index in [1.54, 1.807) is 0 Å². The summed E-state index contributed by atoms with van der Waals surface area (Å²) in [6.07, 6.45) is 6.97. The Kier molecular flexibility index (Phi) is 4.43. The summed E-state index contributed by atoms with van der Waals surface area (Å²) in [6.45, 7) is 2.21. The van der Waals surface area contributed by atoms with Gasteiger partial charge in [-0.05, 0) is 96.0 Å². The molecule has 0 amide bonds. The zero-order chi connectivity index (χ0) is 26.4. The first-order valence-corrected chi connectivity index (χ1v) is 14.1. The van der Waals surface area contributed by atoms with Gasteiger partial charge in [0.1, 0.15) is 11.9 Å². The van der Waals surface area contributed by atoms with Crippen molar-refractivity contribution in [2.45, 2.75) is 18.9 Å². The van der Waals surface area contributed by atoms with E-state index in [-0.39, 0.29) is 12.0 Å². The third kappa shape index (κ3) is 3.03. The zero-order valence-corrected chi connectivity index (χ0v) is 22.2. The van der Waals surface area contributed by atoms with E-state index in [4.69, 9.17) is 4.74 Å². The molecule has 0 fully saturated rings. The Hall–Kier alpha value is -4.88. The van der Waals surface area contributed by atoms with Crippen LogP contribution < -0.4 is 4.74 Å². The normalized spacial score (nSPS) is 17.9. The van der Waals surface area contributed by atoms with Crippen molar-refractivity contribution in [1.29, 1.82) is 0 Å². The van der Waals surface area contributed by atoms with E-state index >= 15 is 0 Å². The number of allylic oxidation sites excluding steroid dienone is 2. The third-order valence-electron chi connectivity index (χ3n) is 9.10. The Balaban J connectivity index is 1.20. The molecule has 0 aromatic heterocycles. The van der Waals surface area contributed by atoms with Gasteiger partial charge in [-0.3, -0.25) is 0 Å². The van der Waals surface area contributed by atoms with Crippen LogP contribution in [0, 0.1) is 6.92 Å².